The molecule has 0 radical (unpaired) electrons. The lowest BCUT2D eigenvalue weighted by molar-refractivity contribution is -0.120. The fourth-order valence-corrected chi connectivity index (χ4v) is 2.90. The third-order valence-electron chi connectivity index (χ3n) is 3.68. The van der Waals surface area contributed by atoms with Gasteiger partial charge >= 0.3 is 0 Å². The van der Waals surface area contributed by atoms with E-state index in [1.807, 2.05) is 0 Å². The Morgan fingerprint density at radius 1 is 1.12 bits per heavy atom. The van der Waals surface area contributed by atoms with Crippen LogP contribution in [0.4, 0.5) is 4.39 Å². The zero-order chi connectivity index (χ0) is 19.3. The van der Waals surface area contributed by atoms with Crippen LogP contribution in [0.15, 0.2) is 53.4 Å². The van der Waals surface area contributed by atoms with Gasteiger partial charge in [0.1, 0.15) is 5.82 Å². The summed E-state index contributed by atoms with van der Waals surface area (Å²) < 4.78 is 36.0. The molecule has 2 aromatic rings. The molecule has 0 spiro atoms. The van der Waals surface area contributed by atoms with Gasteiger partial charge in [0.15, 0.2) is 9.84 Å². The van der Waals surface area contributed by atoms with Crippen molar-refractivity contribution in [2.45, 2.75) is 17.9 Å². The van der Waals surface area contributed by atoms with E-state index in [4.69, 9.17) is 0 Å². The predicted molar refractivity (Wildman–Crippen MR) is 94.8 cm³/mol. The smallest absolute Gasteiger partial charge is 0.251 e. The first-order valence-corrected chi connectivity index (χ1v) is 9.69. The van der Waals surface area contributed by atoms with E-state index < -0.39 is 27.5 Å². The van der Waals surface area contributed by atoms with Crippen LogP contribution in [0, 0.1) is 5.82 Å². The minimum Gasteiger partial charge on any atom is -0.348 e. The number of carbonyl (C=O) groups is 2. The van der Waals surface area contributed by atoms with Gasteiger partial charge in [0, 0.05) is 11.8 Å². The van der Waals surface area contributed by atoms with Gasteiger partial charge in [-0.25, -0.2) is 12.8 Å². The standard InChI is InChI=1S/C18H19FN2O4S/c1-12(13-6-8-16(9-7-13)26(2,24)25)21-17(22)11-20-18(23)14-4-3-5-15(19)10-14/h3-10,12H,11H2,1-2H3,(H,20,23)(H,21,22). The first kappa shape index (κ1) is 19.6. The summed E-state index contributed by atoms with van der Waals surface area (Å²) in [6, 6.07) is 11.0. The van der Waals surface area contributed by atoms with Gasteiger partial charge in [-0.05, 0) is 42.8 Å². The number of rotatable bonds is 6. The van der Waals surface area contributed by atoms with Gasteiger partial charge in [-0.2, -0.15) is 0 Å². The molecular formula is C18H19FN2O4S. The largest absolute Gasteiger partial charge is 0.348 e. The number of hydrogen-bond acceptors (Lipinski definition) is 4. The van der Waals surface area contributed by atoms with E-state index >= 15 is 0 Å². The van der Waals surface area contributed by atoms with E-state index in [0.717, 1.165) is 17.9 Å². The Bertz CT molecular complexity index is 911. The molecule has 138 valence electrons. The second-order valence-corrected chi connectivity index (χ2v) is 7.84. The molecule has 0 saturated carbocycles. The van der Waals surface area contributed by atoms with E-state index in [0.29, 0.717) is 0 Å². The minimum absolute atomic E-state index is 0.127. The second-order valence-electron chi connectivity index (χ2n) is 5.82. The molecule has 2 aromatic carbocycles. The van der Waals surface area contributed by atoms with Crippen molar-refractivity contribution in [1.29, 1.82) is 0 Å². The first-order chi connectivity index (χ1) is 12.2. The molecule has 0 aromatic heterocycles. The maximum absolute atomic E-state index is 13.1. The number of benzene rings is 2. The van der Waals surface area contributed by atoms with Crippen molar-refractivity contribution in [3.8, 4) is 0 Å². The van der Waals surface area contributed by atoms with Gasteiger partial charge < -0.3 is 10.6 Å². The molecule has 26 heavy (non-hydrogen) atoms. The van der Waals surface area contributed by atoms with Crippen molar-refractivity contribution in [2.75, 3.05) is 12.8 Å². The van der Waals surface area contributed by atoms with Crippen molar-refractivity contribution < 1.29 is 22.4 Å². The lowest BCUT2D eigenvalue weighted by Gasteiger charge is -2.15. The fourth-order valence-electron chi connectivity index (χ4n) is 2.27. The highest BCUT2D eigenvalue weighted by molar-refractivity contribution is 7.90. The lowest BCUT2D eigenvalue weighted by atomic mass is 10.1. The molecule has 2 amide bonds. The van der Waals surface area contributed by atoms with Gasteiger partial charge in [-0.15, -0.1) is 0 Å². The maximum atomic E-state index is 13.1. The molecule has 0 saturated heterocycles. The normalized spacial score (nSPS) is 12.3. The van der Waals surface area contributed by atoms with Crippen LogP contribution in [0.5, 0.6) is 0 Å². The summed E-state index contributed by atoms with van der Waals surface area (Å²) in [5.74, 6) is -1.51. The average molecular weight is 378 g/mol. The topological polar surface area (TPSA) is 92.3 Å². The number of hydrogen-bond donors (Lipinski definition) is 2. The molecule has 0 bridgehead atoms. The Labute approximate surface area is 151 Å². The van der Waals surface area contributed by atoms with Crippen LogP contribution in [0.2, 0.25) is 0 Å². The number of halogens is 1. The van der Waals surface area contributed by atoms with Crippen molar-refractivity contribution >= 4 is 21.7 Å². The van der Waals surface area contributed by atoms with E-state index in [9.17, 15) is 22.4 Å². The Balaban J connectivity index is 1.90. The van der Waals surface area contributed by atoms with Gasteiger partial charge in [0.25, 0.3) is 5.91 Å². The molecule has 2 rings (SSSR count). The SMILES string of the molecule is CC(NC(=O)CNC(=O)c1cccc(F)c1)c1ccc(S(C)(=O)=O)cc1. The van der Waals surface area contributed by atoms with E-state index in [-0.39, 0.29) is 23.0 Å². The Hall–Kier alpha value is -2.74. The van der Waals surface area contributed by atoms with Crippen molar-refractivity contribution in [3.05, 3.63) is 65.5 Å². The quantitative estimate of drug-likeness (QED) is 0.802. The van der Waals surface area contributed by atoms with Gasteiger partial charge in [-0.3, -0.25) is 9.59 Å². The first-order valence-electron chi connectivity index (χ1n) is 7.80. The molecule has 0 fully saturated rings. The zero-order valence-electron chi connectivity index (χ0n) is 14.3. The summed E-state index contributed by atoms with van der Waals surface area (Å²) in [6.45, 7) is 1.48. The van der Waals surface area contributed by atoms with Crippen LogP contribution in [-0.2, 0) is 14.6 Å². The van der Waals surface area contributed by atoms with Gasteiger partial charge in [0.2, 0.25) is 5.91 Å². The third kappa shape index (κ3) is 5.38. The van der Waals surface area contributed by atoms with Gasteiger partial charge in [-0.1, -0.05) is 18.2 Å². The maximum Gasteiger partial charge on any atom is 0.251 e. The van der Waals surface area contributed by atoms with Gasteiger partial charge in [0.05, 0.1) is 17.5 Å². The van der Waals surface area contributed by atoms with Crippen LogP contribution >= 0.6 is 0 Å². The monoisotopic (exact) mass is 378 g/mol. The minimum atomic E-state index is -3.28. The fraction of sp³-hybridized carbons (Fsp3) is 0.222. The highest BCUT2D eigenvalue weighted by Crippen LogP contribution is 2.16. The third-order valence-corrected chi connectivity index (χ3v) is 4.81. The Kier molecular flexibility index (Phi) is 6.10. The summed E-state index contributed by atoms with van der Waals surface area (Å²) >= 11 is 0. The molecule has 0 aliphatic carbocycles. The van der Waals surface area contributed by atoms with Crippen LogP contribution in [0.25, 0.3) is 0 Å². The zero-order valence-corrected chi connectivity index (χ0v) is 15.1. The van der Waals surface area contributed by atoms with Crippen molar-refractivity contribution in [3.63, 3.8) is 0 Å². The lowest BCUT2D eigenvalue weighted by Crippen LogP contribution is -2.38. The molecule has 0 heterocycles. The molecule has 0 aliphatic rings. The average Bonchev–Trinajstić information content (AvgIpc) is 2.59. The highest BCUT2D eigenvalue weighted by atomic mass is 32.2. The Morgan fingerprint density at radius 2 is 1.77 bits per heavy atom. The number of nitrogens with one attached hydrogen (secondary N) is 2. The summed E-state index contributed by atoms with van der Waals surface area (Å²) in [7, 11) is -3.28. The van der Waals surface area contributed by atoms with Crippen molar-refractivity contribution in [2.24, 2.45) is 0 Å². The van der Waals surface area contributed by atoms with E-state index in [2.05, 4.69) is 10.6 Å². The molecule has 0 aliphatic heterocycles. The summed E-state index contributed by atoms with van der Waals surface area (Å²) in [5, 5.41) is 5.11. The predicted octanol–water partition coefficient (Wildman–Crippen LogP) is 1.84. The number of amides is 2. The van der Waals surface area contributed by atoms with Crippen LogP contribution in [0.3, 0.4) is 0 Å². The molecular weight excluding hydrogens is 359 g/mol. The molecule has 1 unspecified atom stereocenters. The van der Waals surface area contributed by atoms with Crippen LogP contribution in [-0.4, -0.2) is 33.0 Å². The molecule has 2 N–H and O–H groups in total. The number of carbonyl (C=O) groups excluding carboxylic acids is 2. The van der Waals surface area contributed by atoms with Crippen LogP contribution in [0.1, 0.15) is 28.9 Å². The molecule has 8 heteroatoms. The summed E-state index contributed by atoms with van der Waals surface area (Å²) in [4.78, 5) is 24.0. The van der Waals surface area contributed by atoms with E-state index in [1.54, 1.807) is 19.1 Å². The molecule has 6 nitrogen and oxygen atoms in total. The summed E-state index contributed by atoms with van der Waals surface area (Å²) in [5.41, 5.74) is 0.851. The van der Waals surface area contributed by atoms with Crippen molar-refractivity contribution in [1.82, 2.24) is 10.6 Å². The molecule has 1 atom stereocenters. The van der Waals surface area contributed by atoms with E-state index in [1.165, 1.54) is 30.3 Å². The van der Waals surface area contributed by atoms with Crippen LogP contribution < -0.4 is 10.6 Å². The number of sulfone groups is 1. The summed E-state index contributed by atoms with van der Waals surface area (Å²) in [6.07, 6.45) is 1.12. The highest BCUT2D eigenvalue weighted by Gasteiger charge is 2.13. The Morgan fingerprint density at radius 3 is 2.35 bits per heavy atom. The second kappa shape index (κ2) is 8.09.